The Labute approximate surface area is 168 Å². The highest BCUT2D eigenvalue weighted by molar-refractivity contribution is 7.90. The number of nitrogens with one attached hydrogen (secondary N) is 1. The Hall–Kier alpha value is -2.76. The van der Waals surface area contributed by atoms with E-state index >= 15 is 0 Å². The van der Waals surface area contributed by atoms with Gasteiger partial charge in [0.25, 0.3) is 0 Å². The summed E-state index contributed by atoms with van der Waals surface area (Å²) in [7, 11) is -3.28. The van der Waals surface area contributed by atoms with Gasteiger partial charge >= 0.3 is 0 Å². The molecule has 2 aromatic heterocycles. The van der Waals surface area contributed by atoms with Crippen molar-refractivity contribution in [2.24, 2.45) is 0 Å². The zero-order chi connectivity index (χ0) is 20.2. The van der Waals surface area contributed by atoms with E-state index < -0.39 is 16.0 Å². The first-order valence-electron chi connectivity index (χ1n) is 9.61. The summed E-state index contributed by atoms with van der Waals surface area (Å²) >= 11 is 0. The van der Waals surface area contributed by atoms with E-state index in [2.05, 4.69) is 20.3 Å². The highest BCUT2D eigenvalue weighted by Gasteiger charge is 2.39. The third-order valence-corrected chi connectivity index (χ3v) is 7.70. The number of fused-ring (bicyclic) bond motifs is 3. The van der Waals surface area contributed by atoms with Gasteiger partial charge in [0, 0.05) is 29.1 Å². The van der Waals surface area contributed by atoms with E-state index in [0.717, 1.165) is 35.0 Å². The third kappa shape index (κ3) is 3.30. The molecule has 148 valence electrons. The number of pyridine rings is 1. The van der Waals surface area contributed by atoms with Gasteiger partial charge in [-0.3, -0.25) is 0 Å². The van der Waals surface area contributed by atoms with Gasteiger partial charge in [0.05, 0.1) is 29.1 Å². The maximum absolute atomic E-state index is 13.6. The van der Waals surface area contributed by atoms with Gasteiger partial charge in [-0.15, -0.1) is 0 Å². The molecule has 5 rings (SSSR count). The van der Waals surface area contributed by atoms with E-state index in [1.54, 1.807) is 18.2 Å². The summed E-state index contributed by atoms with van der Waals surface area (Å²) in [5.74, 6) is -0.530. The Morgan fingerprint density at radius 2 is 2.07 bits per heavy atom. The summed E-state index contributed by atoms with van der Waals surface area (Å²) in [6.45, 7) is 0.386. The van der Waals surface area contributed by atoms with E-state index in [1.807, 2.05) is 12.1 Å². The number of nitrogens with zero attached hydrogens (tertiary/aromatic N) is 3. The summed E-state index contributed by atoms with van der Waals surface area (Å²) < 4.78 is 43.3. The van der Waals surface area contributed by atoms with Crippen molar-refractivity contribution in [2.75, 3.05) is 0 Å². The molecule has 29 heavy (non-hydrogen) atoms. The molecule has 0 spiro atoms. The molecule has 2 heterocycles. The van der Waals surface area contributed by atoms with Crippen LogP contribution in [-0.2, 0) is 29.4 Å². The minimum Gasteiger partial charge on any atom is -0.338 e. The average Bonchev–Trinajstić information content (AvgIpc) is 3.43. The van der Waals surface area contributed by atoms with Crippen molar-refractivity contribution in [1.82, 2.24) is 14.3 Å². The van der Waals surface area contributed by atoms with Gasteiger partial charge < -0.3 is 4.57 Å². The van der Waals surface area contributed by atoms with Crippen LogP contribution in [0.3, 0.4) is 0 Å². The van der Waals surface area contributed by atoms with Crippen molar-refractivity contribution in [3.05, 3.63) is 64.9 Å². The van der Waals surface area contributed by atoms with Gasteiger partial charge in [0.2, 0.25) is 16.0 Å². The minimum absolute atomic E-state index is 0.201. The Balaban J connectivity index is 1.55. The zero-order valence-corrected chi connectivity index (χ0v) is 16.4. The lowest BCUT2D eigenvalue weighted by Gasteiger charge is -2.15. The highest BCUT2D eigenvalue weighted by Crippen LogP contribution is 2.36. The molecule has 6 nitrogen and oxygen atoms in total. The van der Waals surface area contributed by atoms with Crippen molar-refractivity contribution < 1.29 is 12.8 Å². The van der Waals surface area contributed by atoms with Crippen molar-refractivity contribution in [1.29, 1.82) is 5.26 Å². The molecule has 0 radical (unpaired) electrons. The molecule has 3 aromatic rings. The predicted octanol–water partition coefficient (Wildman–Crippen LogP) is 2.64. The molecule has 0 amide bonds. The van der Waals surface area contributed by atoms with Crippen molar-refractivity contribution in [3.63, 3.8) is 0 Å². The quantitative estimate of drug-likeness (QED) is 0.655. The fraction of sp³-hybridized carbons (Fsp3) is 0.333. The number of sulfonamides is 1. The van der Waals surface area contributed by atoms with Gasteiger partial charge in [-0.05, 0) is 55.2 Å². The van der Waals surface area contributed by atoms with E-state index in [4.69, 9.17) is 0 Å². The van der Waals surface area contributed by atoms with Crippen molar-refractivity contribution >= 4 is 20.9 Å². The van der Waals surface area contributed by atoms with Crippen LogP contribution in [0.25, 0.3) is 10.9 Å². The van der Waals surface area contributed by atoms with Crippen LogP contribution < -0.4 is 4.72 Å². The molecule has 0 aliphatic heterocycles. The second-order valence-corrected chi connectivity index (χ2v) is 9.77. The number of benzene rings is 1. The van der Waals surface area contributed by atoms with Crippen molar-refractivity contribution in [2.45, 2.75) is 43.5 Å². The normalized spacial score (nSPS) is 18.7. The molecule has 0 unspecified atom stereocenters. The summed E-state index contributed by atoms with van der Waals surface area (Å²) in [6.07, 6.45) is 2.59. The Morgan fingerprint density at radius 3 is 2.79 bits per heavy atom. The SMILES string of the molecule is N#Cc1ccc2c(c1)c1c(n2Cc2cccc(F)n2)C[C@@H](NS(=O)(=O)C2CC2)C1. The topological polar surface area (TPSA) is 87.8 Å². The van der Waals surface area contributed by atoms with E-state index in [9.17, 15) is 18.1 Å². The third-order valence-electron chi connectivity index (χ3n) is 5.69. The number of hydrogen-bond donors (Lipinski definition) is 1. The Kier molecular flexibility index (Phi) is 4.19. The number of rotatable bonds is 5. The first kappa shape index (κ1) is 18.3. The number of hydrogen-bond acceptors (Lipinski definition) is 4. The monoisotopic (exact) mass is 410 g/mol. The van der Waals surface area contributed by atoms with E-state index in [0.29, 0.717) is 30.6 Å². The molecule has 0 saturated heterocycles. The summed E-state index contributed by atoms with van der Waals surface area (Å²) in [5, 5.41) is 9.98. The molecule has 1 saturated carbocycles. The Morgan fingerprint density at radius 1 is 1.24 bits per heavy atom. The first-order chi connectivity index (χ1) is 13.9. The molecular formula is C21H19FN4O2S. The number of halogens is 1. The van der Waals surface area contributed by atoms with Crippen LogP contribution in [0.15, 0.2) is 36.4 Å². The van der Waals surface area contributed by atoms with Crippen LogP contribution in [0.5, 0.6) is 0 Å². The van der Waals surface area contributed by atoms with Crippen LogP contribution in [0, 0.1) is 17.3 Å². The first-order valence-corrected chi connectivity index (χ1v) is 11.2. The number of aromatic nitrogens is 2. The number of nitriles is 1. The molecule has 0 bridgehead atoms. The molecule has 1 aromatic carbocycles. The summed E-state index contributed by atoms with van der Waals surface area (Å²) in [4.78, 5) is 3.97. The van der Waals surface area contributed by atoms with Crippen LogP contribution in [0.4, 0.5) is 4.39 Å². The van der Waals surface area contributed by atoms with Crippen LogP contribution >= 0.6 is 0 Å². The maximum Gasteiger partial charge on any atom is 0.214 e. The van der Waals surface area contributed by atoms with Crippen molar-refractivity contribution in [3.8, 4) is 6.07 Å². The largest absolute Gasteiger partial charge is 0.338 e. The molecule has 1 atom stereocenters. The Bertz CT molecular complexity index is 1270. The molecule has 1 N–H and O–H groups in total. The lowest BCUT2D eigenvalue weighted by Crippen LogP contribution is -2.37. The van der Waals surface area contributed by atoms with Crippen LogP contribution in [0.2, 0.25) is 0 Å². The lowest BCUT2D eigenvalue weighted by molar-refractivity contribution is 0.550. The molecule has 8 heteroatoms. The average molecular weight is 410 g/mol. The zero-order valence-electron chi connectivity index (χ0n) is 15.6. The maximum atomic E-state index is 13.6. The molecular weight excluding hydrogens is 391 g/mol. The lowest BCUT2D eigenvalue weighted by atomic mass is 10.1. The van der Waals surface area contributed by atoms with Crippen LogP contribution in [-0.4, -0.2) is 29.3 Å². The van der Waals surface area contributed by atoms with Gasteiger partial charge in [-0.1, -0.05) is 6.07 Å². The second-order valence-electron chi connectivity index (χ2n) is 7.77. The van der Waals surface area contributed by atoms with E-state index in [-0.39, 0.29) is 11.3 Å². The van der Waals surface area contributed by atoms with Gasteiger partial charge in [0.15, 0.2) is 0 Å². The smallest absolute Gasteiger partial charge is 0.214 e. The molecule has 2 aliphatic rings. The molecule has 1 fully saturated rings. The standard InChI is InChI=1S/C21H19FN4O2S/c22-21-3-1-2-14(24-21)12-26-19-7-4-13(11-23)8-17(19)18-9-15(10-20(18)26)25-29(27,28)16-5-6-16/h1-4,7-8,15-16,25H,5-6,9-10,12H2/t15-/m0/s1. The fourth-order valence-corrected chi connectivity index (χ4v) is 5.81. The molecule has 2 aliphatic carbocycles. The van der Waals surface area contributed by atoms with Crippen LogP contribution in [0.1, 0.15) is 35.4 Å². The van der Waals surface area contributed by atoms with E-state index in [1.165, 1.54) is 6.07 Å². The summed E-state index contributed by atoms with van der Waals surface area (Å²) in [6, 6.07) is 12.2. The second kappa shape index (κ2) is 6.65. The van der Waals surface area contributed by atoms with Gasteiger partial charge in [-0.25, -0.2) is 18.1 Å². The van der Waals surface area contributed by atoms with Gasteiger partial charge in [0.1, 0.15) is 0 Å². The summed E-state index contributed by atoms with van der Waals surface area (Å²) in [5.41, 5.74) is 4.17. The fourth-order valence-electron chi connectivity index (χ4n) is 4.23. The minimum atomic E-state index is -3.28. The predicted molar refractivity (Wildman–Crippen MR) is 106 cm³/mol. The van der Waals surface area contributed by atoms with Gasteiger partial charge in [-0.2, -0.15) is 9.65 Å². The highest BCUT2D eigenvalue weighted by atomic mass is 32.2.